The van der Waals surface area contributed by atoms with Gasteiger partial charge in [-0.15, -0.1) is 0 Å². The molecule has 3 N–H and O–H groups in total. The van der Waals surface area contributed by atoms with Gasteiger partial charge in [0.05, 0.1) is 5.56 Å². The van der Waals surface area contributed by atoms with Crippen molar-refractivity contribution in [2.45, 2.75) is 12.2 Å². The molecule has 0 saturated heterocycles. The molecule has 0 aliphatic heterocycles. The zero-order chi connectivity index (χ0) is 13.5. The van der Waals surface area contributed by atoms with E-state index in [0.717, 1.165) is 6.07 Å². The fourth-order valence-electron chi connectivity index (χ4n) is 1.58. The number of furan rings is 1. The normalized spacial score (nSPS) is 13.8. The molecule has 1 heterocycles. The highest BCUT2D eigenvalue weighted by Gasteiger charge is 2.34. The van der Waals surface area contributed by atoms with E-state index in [1.807, 2.05) is 0 Å². The van der Waals surface area contributed by atoms with Crippen molar-refractivity contribution in [2.75, 3.05) is 0 Å². The maximum atomic E-state index is 12.7. The lowest BCUT2D eigenvalue weighted by molar-refractivity contribution is -0.139. The van der Waals surface area contributed by atoms with Crippen molar-refractivity contribution in [2.24, 2.45) is 5.73 Å². The van der Waals surface area contributed by atoms with Crippen LogP contribution in [0.1, 0.15) is 17.4 Å². The Balaban J connectivity index is 2.62. The first-order valence-corrected chi connectivity index (χ1v) is 4.88. The van der Waals surface area contributed by atoms with E-state index >= 15 is 0 Å². The first-order valence-electron chi connectivity index (χ1n) is 4.88. The summed E-state index contributed by atoms with van der Waals surface area (Å²) in [5, 5.41) is 8.85. The molecule has 0 aliphatic rings. The third-order valence-corrected chi connectivity index (χ3v) is 2.44. The molecule has 18 heavy (non-hydrogen) atoms. The number of halogens is 3. The van der Waals surface area contributed by atoms with E-state index in [-0.39, 0.29) is 11.1 Å². The van der Waals surface area contributed by atoms with Crippen LogP contribution in [0.25, 0.3) is 11.0 Å². The second kappa shape index (κ2) is 4.02. The number of rotatable bonds is 2. The van der Waals surface area contributed by atoms with Crippen LogP contribution in [0.15, 0.2) is 28.7 Å². The average Bonchev–Trinajstić information content (AvgIpc) is 2.69. The van der Waals surface area contributed by atoms with Crippen molar-refractivity contribution in [1.82, 2.24) is 0 Å². The Labute approximate surface area is 98.8 Å². The van der Waals surface area contributed by atoms with E-state index < -0.39 is 29.3 Å². The molecular formula is C11H8F3NO3. The molecule has 4 nitrogen and oxygen atoms in total. The molecule has 1 aromatic carbocycles. The van der Waals surface area contributed by atoms with E-state index in [1.54, 1.807) is 0 Å². The maximum Gasteiger partial charge on any atom is 0.420 e. The molecule has 0 radical (unpaired) electrons. The molecule has 0 saturated carbocycles. The minimum Gasteiger partial charge on any atom is -0.480 e. The second-order valence-electron chi connectivity index (χ2n) is 3.69. The van der Waals surface area contributed by atoms with Crippen LogP contribution in [0, 0.1) is 0 Å². The molecule has 2 rings (SSSR count). The predicted octanol–water partition coefficient (Wildman–Crippen LogP) is 2.54. The highest BCUT2D eigenvalue weighted by molar-refractivity contribution is 5.84. The number of para-hydroxylation sites is 1. The van der Waals surface area contributed by atoms with Crippen molar-refractivity contribution >= 4 is 16.9 Å². The van der Waals surface area contributed by atoms with Gasteiger partial charge in [-0.25, -0.2) is 0 Å². The van der Waals surface area contributed by atoms with Gasteiger partial charge in [-0.1, -0.05) is 12.1 Å². The molecule has 2 aromatic rings. The lowest BCUT2D eigenvalue weighted by Gasteiger charge is -2.06. The Morgan fingerprint density at radius 3 is 2.61 bits per heavy atom. The number of fused-ring (bicyclic) bond motifs is 1. The average molecular weight is 259 g/mol. The first-order chi connectivity index (χ1) is 8.30. The molecule has 7 heteroatoms. The molecule has 0 amide bonds. The molecule has 0 spiro atoms. The lowest BCUT2D eigenvalue weighted by Crippen LogP contribution is -2.19. The van der Waals surface area contributed by atoms with Gasteiger partial charge in [-0.3, -0.25) is 4.79 Å². The topological polar surface area (TPSA) is 76.5 Å². The number of aliphatic carboxylic acids is 1. The summed E-state index contributed by atoms with van der Waals surface area (Å²) in [6.45, 7) is 0. The van der Waals surface area contributed by atoms with Crippen molar-refractivity contribution in [3.8, 4) is 0 Å². The monoisotopic (exact) mass is 259 g/mol. The smallest absolute Gasteiger partial charge is 0.420 e. The summed E-state index contributed by atoms with van der Waals surface area (Å²) in [7, 11) is 0. The third kappa shape index (κ3) is 2.04. The van der Waals surface area contributed by atoms with Crippen molar-refractivity contribution in [3.05, 3.63) is 35.6 Å². The summed E-state index contributed by atoms with van der Waals surface area (Å²) < 4.78 is 43.0. The lowest BCUT2D eigenvalue weighted by atomic mass is 10.1. The molecule has 1 unspecified atom stereocenters. The van der Waals surface area contributed by atoms with Gasteiger partial charge in [0.25, 0.3) is 0 Å². The molecule has 0 fully saturated rings. The summed E-state index contributed by atoms with van der Waals surface area (Å²) in [6.07, 6.45) is -4.57. The van der Waals surface area contributed by atoms with Crippen molar-refractivity contribution in [1.29, 1.82) is 0 Å². The summed E-state index contributed by atoms with van der Waals surface area (Å²) in [5.41, 5.74) is 3.93. The number of alkyl halides is 3. The Morgan fingerprint density at radius 1 is 1.39 bits per heavy atom. The van der Waals surface area contributed by atoms with Gasteiger partial charge >= 0.3 is 12.1 Å². The predicted molar refractivity (Wildman–Crippen MR) is 55.8 cm³/mol. The van der Waals surface area contributed by atoms with E-state index in [1.165, 1.54) is 18.2 Å². The van der Waals surface area contributed by atoms with Crippen LogP contribution >= 0.6 is 0 Å². The van der Waals surface area contributed by atoms with Gasteiger partial charge in [-0.05, 0) is 12.1 Å². The zero-order valence-electron chi connectivity index (χ0n) is 8.86. The van der Waals surface area contributed by atoms with Crippen LogP contribution in [0.5, 0.6) is 0 Å². The van der Waals surface area contributed by atoms with Gasteiger partial charge in [-0.2, -0.15) is 13.2 Å². The van der Waals surface area contributed by atoms with Crippen LogP contribution in [-0.4, -0.2) is 11.1 Å². The molecule has 1 aromatic heterocycles. The summed E-state index contributed by atoms with van der Waals surface area (Å²) in [5.74, 6) is -1.59. The third-order valence-electron chi connectivity index (χ3n) is 2.44. The SMILES string of the molecule is NC(C(=O)O)c1cc2cccc(C(F)(F)F)c2o1. The minimum absolute atomic E-state index is 0.163. The number of nitrogens with two attached hydrogens (primary N) is 1. The number of carbonyl (C=O) groups is 1. The Bertz CT molecular complexity index is 603. The fourth-order valence-corrected chi connectivity index (χ4v) is 1.58. The largest absolute Gasteiger partial charge is 0.480 e. The highest BCUT2D eigenvalue weighted by Crippen LogP contribution is 2.36. The van der Waals surface area contributed by atoms with Crippen LogP contribution in [0.4, 0.5) is 13.2 Å². The number of carboxylic acids is 1. The second-order valence-corrected chi connectivity index (χ2v) is 3.69. The number of hydrogen-bond donors (Lipinski definition) is 2. The highest BCUT2D eigenvalue weighted by atomic mass is 19.4. The minimum atomic E-state index is -4.57. The molecule has 1 atom stereocenters. The van der Waals surface area contributed by atoms with Crippen molar-refractivity contribution < 1.29 is 27.5 Å². The number of benzene rings is 1. The van der Waals surface area contributed by atoms with Crippen LogP contribution in [0.2, 0.25) is 0 Å². The Hall–Kier alpha value is -2.02. The van der Waals surface area contributed by atoms with Crippen LogP contribution in [-0.2, 0) is 11.0 Å². The molecular weight excluding hydrogens is 251 g/mol. The Morgan fingerprint density at radius 2 is 2.06 bits per heavy atom. The van der Waals surface area contributed by atoms with E-state index in [2.05, 4.69) is 0 Å². The maximum absolute atomic E-state index is 12.7. The quantitative estimate of drug-likeness (QED) is 0.868. The molecule has 0 bridgehead atoms. The van der Waals surface area contributed by atoms with Gasteiger partial charge in [0, 0.05) is 5.39 Å². The zero-order valence-corrected chi connectivity index (χ0v) is 8.86. The number of hydrogen-bond acceptors (Lipinski definition) is 3. The van der Waals surface area contributed by atoms with E-state index in [0.29, 0.717) is 0 Å². The summed E-state index contributed by atoms with van der Waals surface area (Å²) in [6, 6.07) is 3.19. The summed E-state index contributed by atoms with van der Waals surface area (Å²) >= 11 is 0. The Kier molecular flexibility index (Phi) is 2.78. The first kappa shape index (κ1) is 12.4. The van der Waals surface area contributed by atoms with Crippen molar-refractivity contribution in [3.63, 3.8) is 0 Å². The van der Waals surface area contributed by atoms with Gasteiger partial charge in [0.1, 0.15) is 11.3 Å². The van der Waals surface area contributed by atoms with E-state index in [9.17, 15) is 18.0 Å². The summed E-state index contributed by atoms with van der Waals surface area (Å²) in [4.78, 5) is 10.7. The molecule has 96 valence electrons. The van der Waals surface area contributed by atoms with E-state index in [4.69, 9.17) is 15.3 Å². The van der Waals surface area contributed by atoms with Crippen LogP contribution < -0.4 is 5.73 Å². The number of carboxylic acid groups (broad SMARTS) is 1. The standard InChI is InChI=1S/C11H8F3NO3/c12-11(13,14)6-3-1-2-5-4-7(18-9(5)6)8(15)10(16)17/h1-4,8H,15H2,(H,16,17). The van der Waals surface area contributed by atoms with Gasteiger partial charge in [0.2, 0.25) is 0 Å². The van der Waals surface area contributed by atoms with Crippen LogP contribution in [0.3, 0.4) is 0 Å². The van der Waals surface area contributed by atoms with Gasteiger partial charge in [0.15, 0.2) is 6.04 Å². The fraction of sp³-hybridized carbons (Fsp3) is 0.182. The molecule has 0 aliphatic carbocycles. The van der Waals surface area contributed by atoms with Gasteiger partial charge < -0.3 is 15.3 Å².